The quantitative estimate of drug-likeness (QED) is 0.835. The molecule has 0 unspecified atom stereocenters. The Morgan fingerprint density at radius 2 is 2.23 bits per heavy atom. The summed E-state index contributed by atoms with van der Waals surface area (Å²) in [7, 11) is 1.59. The van der Waals surface area contributed by atoms with Crippen molar-refractivity contribution in [2.75, 3.05) is 12.4 Å². The van der Waals surface area contributed by atoms with Crippen molar-refractivity contribution in [3.8, 4) is 17.1 Å². The van der Waals surface area contributed by atoms with Crippen molar-refractivity contribution < 1.29 is 13.9 Å². The second kappa shape index (κ2) is 7.64. The maximum absolute atomic E-state index is 11.9. The van der Waals surface area contributed by atoms with Crippen LogP contribution in [-0.2, 0) is 4.79 Å². The molecule has 1 N–H and O–H groups in total. The second-order valence-corrected chi connectivity index (χ2v) is 5.61. The topological polar surface area (TPSA) is 64.4 Å². The van der Waals surface area contributed by atoms with Gasteiger partial charge in [0.2, 0.25) is 5.91 Å². The standard InChI is InChI=1S/C17H22N2O3/c1-12(2)5-4-6-17(20)19-13-7-8-14(15(9-13)21-3)16-10-18-11-22-16/h7-12H,4-6H2,1-3H3,(H,19,20). The maximum Gasteiger partial charge on any atom is 0.224 e. The summed E-state index contributed by atoms with van der Waals surface area (Å²) in [5.41, 5.74) is 1.52. The number of methoxy groups -OCH3 is 1. The Labute approximate surface area is 130 Å². The first kappa shape index (κ1) is 16.1. The molecule has 22 heavy (non-hydrogen) atoms. The van der Waals surface area contributed by atoms with Gasteiger partial charge in [-0.3, -0.25) is 4.79 Å². The van der Waals surface area contributed by atoms with Crippen LogP contribution in [0.1, 0.15) is 33.1 Å². The first-order chi connectivity index (χ1) is 10.6. The molecule has 1 aromatic heterocycles. The highest BCUT2D eigenvalue weighted by Gasteiger charge is 2.11. The van der Waals surface area contributed by atoms with E-state index in [1.807, 2.05) is 12.1 Å². The molecule has 0 aliphatic carbocycles. The molecule has 2 aromatic rings. The molecule has 1 heterocycles. The van der Waals surface area contributed by atoms with Gasteiger partial charge in [0.05, 0.1) is 18.9 Å². The van der Waals surface area contributed by atoms with Crippen LogP contribution in [0.5, 0.6) is 5.75 Å². The number of aromatic nitrogens is 1. The number of benzene rings is 1. The highest BCUT2D eigenvalue weighted by Crippen LogP contribution is 2.32. The zero-order chi connectivity index (χ0) is 15.9. The minimum atomic E-state index is 0.0233. The molecule has 0 aliphatic heterocycles. The molecule has 1 amide bonds. The van der Waals surface area contributed by atoms with Crippen molar-refractivity contribution in [2.24, 2.45) is 5.92 Å². The number of ether oxygens (including phenoxy) is 1. The predicted octanol–water partition coefficient (Wildman–Crippen LogP) is 4.12. The number of carbonyl (C=O) groups excluding carboxylic acids is 1. The fourth-order valence-electron chi connectivity index (χ4n) is 2.22. The first-order valence-corrected chi connectivity index (χ1v) is 7.47. The van der Waals surface area contributed by atoms with Crippen LogP contribution in [0.2, 0.25) is 0 Å². The minimum absolute atomic E-state index is 0.0233. The lowest BCUT2D eigenvalue weighted by molar-refractivity contribution is -0.116. The van der Waals surface area contributed by atoms with E-state index < -0.39 is 0 Å². The van der Waals surface area contributed by atoms with Crippen molar-refractivity contribution in [1.82, 2.24) is 4.98 Å². The van der Waals surface area contributed by atoms with Gasteiger partial charge in [0.15, 0.2) is 12.2 Å². The van der Waals surface area contributed by atoms with Gasteiger partial charge in [0, 0.05) is 18.2 Å². The number of rotatable bonds is 7. The van der Waals surface area contributed by atoms with E-state index in [1.165, 1.54) is 6.39 Å². The minimum Gasteiger partial charge on any atom is -0.496 e. The molecule has 0 spiro atoms. The van der Waals surface area contributed by atoms with E-state index in [4.69, 9.17) is 9.15 Å². The van der Waals surface area contributed by atoms with Crippen molar-refractivity contribution in [1.29, 1.82) is 0 Å². The molecular weight excluding hydrogens is 280 g/mol. The number of nitrogens with one attached hydrogen (secondary N) is 1. The molecule has 1 aromatic carbocycles. The average Bonchev–Trinajstić information content (AvgIpc) is 3.00. The van der Waals surface area contributed by atoms with Gasteiger partial charge in [-0.1, -0.05) is 20.3 Å². The van der Waals surface area contributed by atoms with E-state index >= 15 is 0 Å². The summed E-state index contributed by atoms with van der Waals surface area (Å²) in [4.78, 5) is 15.8. The number of hydrogen-bond donors (Lipinski definition) is 1. The summed E-state index contributed by atoms with van der Waals surface area (Å²) in [6.45, 7) is 4.32. The average molecular weight is 302 g/mol. The van der Waals surface area contributed by atoms with Gasteiger partial charge in [-0.2, -0.15) is 0 Å². The lowest BCUT2D eigenvalue weighted by atomic mass is 10.1. The molecule has 0 saturated carbocycles. The molecule has 0 radical (unpaired) electrons. The molecule has 0 atom stereocenters. The van der Waals surface area contributed by atoms with Crippen molar-refractivity contribution in [2.45, 2.75) is 33.1 Å². The molecule has 0 aliphatic rings. The summed E-state index contributed by atoms with van der Waals surface area (Å²) in [6.07, 6.45) is 5.49. The van der Waals surface area contributed by atoms with Crippen LogP contribution >= 0.6 is 0 Å². The lowest BCUT2D eigenvalue weighted by Gasteiger charge is -2.10. The van der Waals surface area contributed by atoms with Gasteiger partial charge in [0.25, 0.3) is 0 Å². The number of hydrogen-bond acceptors (Lipinski definition) is 4. The van der Waals surface area contributed by atoms with Gasteiger partial charge < -0.3 is 14.5 Å². The number of carbonyl (C=O) groups is 1. The number of anilines is 1. The van der Waals surface area contributed by atoms with Gasteiger partial charge in [-0.25, -0.2) is 4.98 Å². The Balaban J connectivity index is 2.02. The Hall–Kier alpha value is -2.30. The number of oxazole rings is 1. The van der Waals surface area contributed by atoms with E-state index in [2.05, 4.69) is 24.1 Å². The van der Waals surface area contributed by atoms with Crippen LogP contribution in [0.4, 0.5) is 5.69 Å². The third kappa shape index (κ3) is 4.35. The Kier molecular flexibility index (Phi) is 5.58. The van der Waals surface area contributed by atoms with Crippen LogP contribution in [0.3, 0.4) is 0 Å². The highest BCUT2D eigenvalue weighted by atomic mass is 16.5. The number of nitrogens with zero attached hydrogens (tertiary/aromatic N) is 1. The monoisotopic (exact) mass is 302 g/mol. The van der Waals surface area contributed by atoms with Crippen molar-refractivity contribution >= 4 is 11.6 Å². The third-order valence-corrected chi connectivity index (χ3v) is 3.37. The van der Waals surface area contributed by atoms with Crippen LogP contribution < -0.4 is 10.1 Å². The third-order valence-electron chi connectivity index (χ3n) is 3.37. The van der Waals surface area contributed by atoms with Gasteiger partial charge in [-0.15, -0.1) is 0 Å². The van der Waals surface area contributed by atoms with E-state index in [9.17, 15) is 4.79 Å². The van der Waals surface area contributed by atoms with E-state index in [0.29, 0.717) is 23.8 Å². The van der Waals surface area contributed by atoms with E-state index in [1.54, 1.807) is 19.4 Å². The Morgan fingerprint density at radius 3 is 2.86 bits per heavy atom. The smallest absolute Gasteiger partial charge is 0.224 e. The van der Waals surface area contributed by atoms with E-state index in [0.717, 1.165) is 24.1 Å². The number of amides is 1. The van der Waals surface area contributed by atoms with Crippen molar-refractivity contribution in [3.63, 3.8) is 0 Å². The molecule has 5 nitrogen and oxygen atoms in total. The first-order valence-electron chi connectivity index (χ1n) is 7.47. The highest BCUT2D eigenvalue weighted by molar-refractivity contribution is 5.91. The largest absolute Gasteiger partial charge is 0.496 e. The summed E-state index contributed by atoms with van der Waals surface area (Å²) in [6, 6.07) is 5.47. The maximum atomic E-state index is 11.9. The van der Waals surface area contributed by atoms with Gasteiger partial charge in [-0.05, 0) is 24.5 Å². The molecule has 2 rings (SSSR count). The molecule has 0 saturated heterocycles. The summed E-state index contributed by atoms with van der Waals surface area (Å²) < 4.78 is 10.6. The predicted molar refractivity (Wildman–Crippen MR) is 85.8 cm³/mol. The molecule has 118 valence electrons. The molecule has 0 fully saturated rings. The summed E-state index contributed by atoms with van der Waals surface area (Å²) >= 11 is 0. The molecular formula is C17H22N2O3. The zero-order valence-corrected chi connectivity index (χ0v) is 13.3. The fraction of sp³-hybridized carbons (Fsp3) is 0.412. The van der Waals surface area contributed by atoms with Crippen LogP contribution in [0, 0.1) is 5.92 Å². The summed E-state index contributed by atoms with van der Waals surface area (Å²) in [5.74, 6) is 1.91. The lowest BCUT2D eigenvalue weighted by Crippen LogP contribution is -2.11. The van der Waals surface area contributed by atoms with Gasteiger partial charge in [0.1, 0.15) is 5.75 Å². The van der Waals surface area contributed by atoms with Gasteiger partial charge >= 0.3 is 0 Å². The Morgan fingerprint density at radius 1 is 1.41 bits per heavy atom. The molecule has 0 bridgehead atoms. The van der Waals surface area contributed by atoms with Crippen LogP contribution in [0.15, 0.2) is 35.2 Å². The van der Waals surface area contributed by atoms with Crippen LogP contribution in [-0.4, -0.2) is 18.0 Å². The van der Waals surface area contributed by atoms with Crippen molar-refractivity contribution in [3.05, 3.63) is 30.8 Å². The zero-order valence-electron chi connectivity index (χ0n) is 13.3. The van der Waals surface area contributed by atoms with E-state index in [-0.39, 0.29) is 5.91 Å². The fourth-order valence-corrected chi connectivity index (χ4v) is 2.22. The SMILES string of the molecule is COc1cc(NC(=O)CCCC(C)C)ccc1-c1cnco1. The molecule has 5 heteroatoms. The summed E-state index contributed by atoms with van der Waals surface area (Å²) in [5, 5.41) is 2.90. The second-order valence-electron chi connectivity index (χ2n) is 5.61. The Bertz CT molecular complexity index is 606. The van der Waals surface area contributed by atoms with Crippen LogP contribution in [0.25, 0.3) is 11.3 Å². The normalized spacial score (nSPS) is 10.7.